The van der Waals surface area contributed by atoms with Gasteiger partial charge in [0.2, 0.25) is 0 Å². The van der Waals surface area contributed by atoms with E-state index < -0.39 is 5.54 Å². The van der Waals surface area contributed by atoms with Crippen molar-refractivity contribution in [1.82, 2.24) is 10.3 Å². The van der Waals surface area contributed by atoms with E-state index >= 15 is 0 Å². The lowest BCUT2D eigenvalue weighted by molar-refractivity contribution is 0.0926. The Morgan fingerprint density at radius 3 is 2.74 bits per heavy atom. The fourth-order valence-electron chi connectivity index (χ4n) is 4.09. The predicted octanol–water partition coefficient (Wildman–Crippen LogP) is 4.69. The summed E-state index contributed by atoms with van der Waals surface area (Å²) in [5, 5.41) is 3.13. The standard InChI is InChI=1S/C25H27FN2O3/c1-16-4-6-23(31-3)20(12-16)17-8-11-27-21(14-17)24(29)28-25(9-10-25)15-18-13-19(26)5-7-22(18)30-2/h4-8,11,13-14,16H,9-10,12,15H2,1-3H3,(H,28,29). The summed E-state index contributed by atoms with van der Waals surface area (Å²) >= 11 is 0. The fourth-order valence-corrected chi connectivity index (χ4v) is 4.09. The van der Waals surface area contributed by atoms with Gasteiger partial charge in [0.15, 0.2) is 0 Å². The summed E-state index contributed by atoms with van der Waals surface area (Å²) in [6.07, 6.45) is 8.78. The van der Waals surface area contributed by atoms with Gasteiger partial charge in [0.25, 0.3) is 5.91 Å². The number of allylic oxidation sites excluding steroid dienone is 3. The molecule has 0 radical (unpaired) electrons. The summed E-state index contributed by atoms with van der Waals surface area (Å²) in [4.78, 5) is 17.3. The summed E-state index contributed by atoms with van der Waals surface area (Å²) in [6.45, 7) is 2.15. The van der Waals surface area contributed by atoms with Crippen molar-refractivity contribution in [2.75, 3.05) is 14.2 Å². The van der Waals surface area contributed by atoms with E-state index in [4.69, 9.17) is 9.47 Å². The monoisotopic (exact) mass is 422 g/mol. The maximum Gasteiger partial charge on any atom is 0.270 e. The third-order valence-corrected chi connectivity index (χ3v) is 5.96. The normalized spacial score (nSPS) is 19.2. The van der Waals surface area contributed by atoms with Crippen LogP contribution in [0.15, 0.2) is 54.4 Å². The second-order valence-electron chi connectivity index (χ2n) is 8.38. The minimum Gasteiger partial charge on any atom is -0.496 e. The smallest absolute Gasteiger partial charge is 0.270 e. The van der Waals surface area contributed by atoms with Crippen molar-refractivity contribution in [3.05, 3.63) is 77.1 Å². The summed E-state index contributed by atoms with van der Waals surface area (Å²) in [7, 11) is 3.22. The number of pyridine rings is 1. The molecule has 1 amide bonds. The van der Waals surface area contributed by atoms with Crippen molar-refractivity contribution in [1.29, 1.82) is 0 Å². The molecule has 1 unspecified atom stereocenters. The molecule has 1 atom stereocenters. The molecule has 31 heavy (non-hydrogen) atoms. The van der Waals surface area contributed by atoms with Crippen molar-refractivity contribution in [3.8, 4) is 5.75 Å². The van der Waals surface area contributed by atoms with Gasteiger partial charge in [0.05, 0.1) is 14.2 Å². The number of nitrogens with zero attached hydrogens (tertiary/aromatic N) is 1. The van der Waals surface area contributed by atoms with Gasteiger partial charge in [-0.25, -0.2) is 4.39 Å². The molecule has 0 aliphatic heterocycles. The number of carbonyl (C=O) groups is 1. The largest absolute Gasteiger partial charge is 0.496 e. The molecule has 0 saturated heterocycles. The Balaban J connectivity index is 1.53. The van der Waals surface area contributed by atoms with E-state index in [9.17, 15) is 9.18 Å². The molecule has 162 valence electrons. The first-order valence-electron chi connectivity index (χ1n) is 10.5. The topological polar surface area (TPSA) is 60.5 Å². The van der Waals surface area contributed by atoms with Crippen LogP contribution < -0.4 is 10.1 Å². The molecule has 1 N–H and O–H groups in total. The number of nitrogens with one attached hydrogen (secondary N) is 1. The Bertz CT molecular complexity index is 1060. The molecule has 6 heteroatoms. The maximum absolute atomic E-state index is 13.7. The molecule has 1 aromatic carbocycles. The quantitative estimate of drug-likeness (QED) is 0.703. The van der Waals surface area contributed by atoms with Crippen LogP contribution in [0.1, 0.15) is 47.8 Å². The number of amides is 1. The van der Waals surface area contributed by atoms with Gasteiger partial charge < -0.3 is 14.8 Å². The van der Waals surface area contributed by atoms with Gasteiger partial charge in [-0.05, 0) is 79.1 Å². The van der Waals surface area contributed by atoms with Crippen LogP contribution in [-0.4, -0.2) is 30.6 Å². The van der Waals surface area contributed by atoms with E-state index in [1.54, 1.807) is 26.5 Å². The van der Waals surface area contributed by atoms with Crippen molar-refractivity contribution < 1.29 is 18.7 Å². The van der Waals surface area contributed by atoms with Crippen LogP contribution >= 0.6 is 0 Å². The summed E-state index contributed by atoms with van der Waals surface area (Å²) in [6, 6.07) is 8.19. The van der Waals surface area contributed by atoms with Crippen LogP contribution in [0.25, 0.3) is 5.57 Å². The molecule has 4 rings (SSSR count). The third-order valence-electron chi connectivity index (χ3n) is 5.96. The Kier molecular flexibility index (Phi) is 5.81. The van der Waals surface area contributed by atoms with E-state index in [1.165, 1.54) is 12.1 Å². The molecule has 2 aliphatic rings. The van der Waals surface area contributed by atoms with Crippen LogP contribution in [0.2, 0.25) is 0 Å². The zero-order valence-electron chi connectivity index (χ0n) is 18.1. The first-order valence-corrected chi connectivity index (χ1v) is 10.5. The lowest BCUT2D eigenvalue weighted by atomic mass is 9.90. The Morgan fingerprint density at radius 2 is 2.03 bits per heavy atom. The Labute approximate surface area is 182 Å². The summed E-state index contributed by atoms with van der Waals surface area (Å²) < 4.78 is 24.6. The third kappa shape index (κ3) is 4.63. The van der Waals surface area contributed by atoms with E-state index in [2.05, 4.69) is 23.3 Å². The Hall–Kier alpha value is -3.15. The van der Waals surface area contributed by atoms with Crippen LogP contribution in [0, 0.1) is 11.7 Å². The van der Waals surface area contributed by atoms with Crippen LogP contribution in [0.5, 0.6) is 5.75 Å². The van der Waals surface area contributed by atoms with Gasteiger partial charge in [-0.15, -0.1) is 0 Å². The lowest BCUT2D eigenvalue weighted by Gasteiger charge is -2.21. The highest BCUT2D eigenvalue weighted by Crippen LogP contribution is 2.41. The zero-order valence-corrected chi connectivity index (χ0v) is 18.1. The minimum absolute atomic E-state index is 0.228. The molecular weight excluding hydrogens is 395 g/mol. The number of hydrogen-bond acceptors (Lipinski definition) is 4. The molecule has 0 spiro atoms. The van der Waals surface area contributed by atoms with E-state index in [1.807, 2.05) is 18.2 Å². The predicted molar refractivity (Wildman–Crippen MR) is 117 cm³/mol. The highest BCUT2D eigenvalue weighted by atomic mass is 19.1. The minimum atomic E-state index is -0.394. The van der Waals surface area contributed by atoms with E-state index in [0.717, 1.165) is 41.7 Å². The molecule has 1 fully saturated rings. The number of halogens is 1. The second-order valence-corrected chi connectivity index (χ2v) is 8.38. The molecule has 2 aliphatic carbocycles. The fraction of sp³-hybridized carbons (Fsp3) is 0.360. The van der Waals surface area contributed by atoms with E-state index in [0.29, 0.717) is 23.8 Å². The van der Waals surface area contributed by atoms with Crippen LogP contribution in [-0.2, 0) is 11.2 Å². The van der Waals surface area contributed by atoms with Gasteiger partial charge in [0.1, 0.15) is 23.0 Å². The zero-order chi connectivity index (χ0) is 22.0. The summed E-state index contributed by atoms with van der Waals surface area (Å²) in [5.74, 6) is 1.29. The van der Waals surface area contributed by atoms with Crippen molar-refractivity contribution >= 4 is 11.5 Å². The van der Waals surface area contributed by atoms with E-state index in [-0.39, 0.29) is 11.7 Å². The molecule has 1 aromatic heterocycles. The van der Waals surface area contributed by atoms with Crippen LogP contribution in [0.4, 0.5) is 4.39 Å². The highest BCUT2D eigenvalue weighted by Gasteiger charge is 2.45. The summed E-state index contributed by atoms with van der Waals surface area (Å²) in [5.41, 5.74) is 2.72. The number of rotatable bonds is 7. The lowest BCUT2D eigenvalue weighted by Crippen LogP contribution is -2.39. The van der Waals surface area contributed by atoms with Gasteiger partial charge in [-0.3, -0.25) is 9.78 Å². The van der Waals surface area contributed by atoms with Gasteiger partial charge in [-0.2, -0.15) is 0 Å². The van der Waals surface area contributed by atoms with Gasteiger partial charge >= 0.3 is 0 Å². The number of carbonyl (C=O) groups excluding carboxylic acids is 1. The average molecular weight is 423 g/mol. The van der Waals surface area contributed by atoms with Crippen molar-refractivity contribution in [3.63, 3.8) is 0 Å². The second kappa shape index (κ2) is 8.53. The SMILES string of the molecule is COC1=C(c2ccnc(C(=O)NC3(Cc4cc(F)ccc4OC)CC3)c2)CC(C)C=C1. The molecular formula is C25H27FN2O3. The maximum atomic E-state index is 13.7. The van der Waals surface area contributed by atoms with Gasteiger partial charge in [0, 0.05) is 17.3 Å². The van der Waals surface area contributed by atoms with Crippen LogP contribution in [0.3, 0.4) is 0 Å². The molecule has 1 heterocycles. The first-order chi connectivity index (χ1) is 14.9. The number of ether oxygens (including phenoxy) is 2. The average Bonchev–Trinajstić information content (AvgIpc) is 3.52. The molecule has 1 saturated carbocycles. The number of aromatic nitrogens is 1. The first kappa shape index (κ1) is 21.1. The molecule has 2 aromatic rings. The van der Waals surface area contributed by atoms with Crippen molar-refractivity contribution in [2.24, 2.45) is 5.92 Å². The van der Waals surface area contributed by atoms with Gasteiger partial charge in [-0.1, -0.05) is 13.0 Å². The molecule has 5 nitrogen and oxygen atoms in total. The number of methoxy groups -OCH3 is 2. The molecule has 0 bridgehead atoms. The highest BCUT2D eigenvalue weighted by molar-refractivity contribution is 5.94. The Morgan fingerprint density at radius 1 is 1.23 bits per heavy atom. The van der Waals surface area contributed by atoms with Crippen molar-refractivity contribution in [2.45, 2.75) is 38.1 Å². The number of benzene rings is 1. The number of hydrogen-bond donors (Lipinski definition) is 1.